The summed E-state index contributed by atoms with van der Waals surface area (Å²) in [5.41, 5.74) is 1.01. The minimum absolute atomic E-state index is 0.0145. The van der Waals surface area contributed by atoms with Crippen LogP contribution in [-0.4, -0.2) is 17.3 Å². The van der Waals surface area contributed by atoms with Crippen LogP contribution < -0.4 is 4.74 Å². The van der Waals surface area contributed by atoms with Crippen LogP contribution in [0.5, 0.6) is 5.75 Å². The van der Waals surface area contributed by atoms with Crippen LogP contribution in [-0.2, 0) is 0 Å². The molecule has 3 rings (SSSR count). The quantitative estimate of drug-likeness (QED) is 0.475. The van der Waals surface area contributed by atoms with Crippen LogP contribution in [0.1, 0.15) is 22.8 Å². The molecule has 1 heterocycles. The number of ketones is 1. The summed E-state index contributed by atoms with van der Waals surface area (Å²) in [7, 11) is 0. The molecule has 0 atom stereocenters. The summed E-state index contributed by atoms with van der Waals surface area (Å²) in [6.45, 7) is 2.45. The van der Waals surface area contributed by atoms with E-state index in [-0.39, 0.29) is 11.5 Å². The molecule has 0 saturated heterocycles. The lowest BCUT2D eigenvalue weighted by atomic mass is 10.1. The van der Waals surface area contributed by atoms with Gasteiger partial charge in [0.05, 0.1) is 22.0 Å². The Hall–Kier alpha value is -2.60. The van der Waals surface area contributed by atoms with Gasteiger partial charge in [0, 0.05) is 16.5 Å². The highest BCUT2D eigenvalue weighted by Crippen LogP contribution is 2.43. The molecule has 0 amide bonds. The summed E-state index contributed by atoms with van der Waals surface area (Å²) < 4.78 is 5.44. The number of nitro groups is 1. The number of thioether (sulfide) groups is 1. The molecule has 0 saturated carbocycles. The molecule has 1 aliphatic heterocycles. The molecule has 2 aromatic rings. The highest BCUT2D eigenvalue weighted by atomic mass is 32.2. The van der Waals surface area contributed by atoms with E-state index in [2.05, 4.69) is 0 Å². The number of carbonyl (C=O) groups is 1. The zero-order chi connectivity index (χ0) is 16.4. The Labute approximate surface area is 137 Å². The lowest BCUT2D eigenvalue weighted by molar-refractivity contribution is -0.385. The third-order valence-electron chi connectivity index (χ3n) is 3.37. The molecule has 0 aliphatic carbocycles. The van der Waals surface area contributed by atoms with Crippen LogP contribution in [0.2, 0.25) is 0 Å². The normalized spacial score (nSPS) is 14.8. The number of Topliss-reactive ketones (excluding diaryl/α,β-unsaturated/α-hetero) is 1. The lowest BCUT2D eigenvalue weighted by Gasteiger charge is -2.03. The van der Waals surface area contributed by atoms with Gasteiger partial charge in [0.25, 0.3) is 5.69 Å². The predicted molar refractivity (Wildman–Crippen MR) is 88.9 cm³/mol. The minimum Gasteiger partial charge on any atom is -0.494 e. The van der Waals surface area contributed by atoms with E-state index in [1.165, 1.54) is 17.8 Å². The Morgan fingerprint density at radius 3 is 2.78 bits per heavy atom. The maximum atomic E-state index is 12.5. The summed E-state index contributed by atoms with van der Waals surface area (Å²) in [6, 6.07) is 11.7. The predicted octanol–water partition coefficient (Wildman–Crippen LogP) is 4.32. The molecule has 2 aromatic carbocycles. The summed E-state index contributed by atoms with van der Waals surface area (Å²) >= 11 is 1.31. The van der Waals surface area contributed by atoms with Crippen LogP contribution in [0.3, 0.4) is 0 Å². The summed E-state index contributed by atoms with van der Waals surface area (Å²) in [6.07, 6.45) is 1.57. The van der Waals surface area contributed by atoms with Crippen molar-refractivity contribution in [1.29, 1.82) is 0 Å². The molecule has 23 heavy (non-hydrogen) atoms. The van der Waals surface area contributed by atoms with E-state index >= 15 is 0 Å². The van der Waals surface area contributed by atoms with Crippen molar-refractivity contribution in [1.82, 2.24) is 0 Å². The smallest absolute Gasteiger partial charge is 0.276 e. The fourth-order valence-corrected chi connectivity index (χ4v) is 3.41. The molecule has 116 valence electrons. The number of ether oxygens (including phenoxy) is 1. The number of carbonyl (C=O) groups excluding carboxylic acids is 1. The van der Waals surface area contributed by atoms with Gasteiger partial charge in [-0.2, -0.15) is 0 Å². The van der Waals surface area contributed by atoms with Crippen molar-refractivity contribution in [3.05, 3.63) is 68.6 Å². The first kappa shape index (κ1) is 15.3. The monoisotopic (exact) mass is 327 g/mol. The van der Waals surface area contributed by atoms with Crippen LogP contribution in [0.15, 0.2) is 52.3 Å². The van der Waals surface area contributed by atoms with Gasteiger partial charge < -0.3 is 4.74 Å². The SMILES string of the molecule is CCOc1ccc2c(c1)S/C(=C\c1ccccc1[N+](=O)[O-])C2=O. The van der Waals surface area contributed by atoms with Gasteiger partial charge in [-0.3, -0.25) is 14.9 Å². The third-order valence-corrected chi connectivity index (χ3v) is 4.45. The van der Waals surface area contributed by atoms with Gasteiger partial charge >= 0.3 is 0 Å². The van der Waals surface area contributed by atoms with E-state index in [0.717, 1.165) is 4.90 Å². The number of benzene rings is 2. The molecule has 5 nitrogen and oxygen atoms in total. The Bertz CT molecular complexity index is 829. The molecule has 6 heteroatoms. The standard InChI is InChI=1S/C17H13NO4S/c1-2-22-12-7-8-13-15(10-12)23-16(17(13)19)9-11-5-3-4-6-14(11)18(20)21/h3-10H,2H2,1H3/b16-9-. The maximum Gasteiger partial charge on any atom is 0.276 e. The van der Waals surface area contributed by atoms with Crippen molar-refractivity contribution in [2.75, 3.05) is 6.61 Å². The van der Waals surface area contributed by atoms with Crippen molar-refractivity contribution < 1.29 is 14.5 Å². The maximum absolute atomic E-state index is 12.5. The van der Waals surface area contributed by atoms with Crippen LogP contribution in [0, 0.1) is 10.1 Å². The number of nitro benzene ring substituents is 1. The first-order chi connectivity index (χ1) is 11.1. The molecule has 1 aliphatic rings. The highest BCUT2D eigenvalue weighted by molar-refractivity contribution is 8.04. The van der Waals surface area contributed by atoms with Crippen molar-refractivity contribution in [2.24, 2.45) is 0 Å². The van der Waals surface area contributed by atoms with E-state index < -0.39 is 4.92 Å². The van der Waals surface area contributed by atoms with Crippen LogP contribution in [0.25, 0.3) is 6.08 Å². The van der Waals surface area contributed by atoms with E-state index in [4.69, 9.17) is 4.74 Å². The largest absolute Gasteiger partial charge is 0.494 e. The number of allylic oxidation sites excluding steroid dienone is 1. The Morgan fingerprint density at radius 2 is 2.04 bits per heavy atom. The second kappa shape index (κ2) is 6.26. The zero-order valence-corrected chi connectivity index (χ0v) is 13.1. The molecule has 0 unspecified atom stereocenters. The molecule has 0 fully saturated rings. The summed E-state index contributed by atoms with van der Waals surface area (Å²) in [5, 5.41) is 11.1. The highest BCUT2D eigenvalue weighted by Gasteiger charge is 2.27. The van der Waals surface area contributed by atoms with Gasteiger partial charge in [0.2, 0.25) is 5.78 Å². The lowest BCUT2D eigenvalue weighted by Crippen LogP contribution is -1.96. The third kappa shape index (κ3) is 2.98. The van der Waals surface area contributed by atoms with Crippen LogP contribution >= 0.6 is 11.8 Å². The number of hydrogen-bond donors (Lipinski definition) is 0. The zero-order valence-electron chi connectivity index (χ0n) is 12.3. The van der Waals surface area contributed by atoms with E-state index in [1.54, 1.807) is 36.4 Å². The summed E-state index contributed by atoms with van der Waals surface area (Å²) in [4.78, 5) is 24.4. The average molecular weight is 327 g/mol. The van der Waals surface area contributed by atoms with Crippen molar-refractivity contribution in [2.45, 2.75) is 11.8 Å². The number of fused-ring (bicyclic) bond motifs is 1. The number of hydrogen-bond acceptors (Lipinski definition) is 5. The van der Waals surface area contributed by atoms with Gasteiger partial charge in [0.1, 0.15) is 5.75 Å². The molecule has 0 N–H and O–H groups in total. The Morgan fingerprint density at radius 1 is 1.26 bits per heavy atom. The van der Waals surface area contributed by atoms with Gasteiger partial charge in [-0.15, -0.1) is 0 Å². The molecular weight excluding hydrogens is 314 g/mol. The second-order valence-electron chi connectivity index (χ2n) is 4.85. The van der Waals surface area contributed by atoms with Crippen molar-refractivity contribution >= 4 is 29.3 Å². The molecular formula is C17H13NO4S. The van der Waals surface area contributed by atoms with Gasteiger partial charge in [-0.1, -0.05) is 23.9 Å². The van der Waals surface area contributed by atoms with E-state index in [9.17, 15) is 14.9 Å². The number of rotatable bonds is 4. The minimum atomic E-state index is -0.448. The average Bonchev–Trinajstić information content (AvgIpc) is 2.84. The first-order valence-corrected chi connectivity index (χ1v) is 7.86. The Kier molecular flexibility index (Phi) is 4.16. The molecule has 0 aromatic heterocycles. The first-order valence-electron chi connectivity index (χ1n) is 7.04. The molecule has 0 radical (unpaired) electrons. The second-order valence-corrected chi connectivity index (χ2v) is 5.93. The van der Waals surface area contributed by atoms with Gasteiger partial charge in [-0.25, -0.2) is 0 Å². The topological polar surface area (TPSA) is 69.4 Å². The van der Waals surface area contributed by atoms with Crippen LogP contribution in [0.4, 0.5) is 5.69 Å². The van der Waals surface area contributed by atoms with Gasteiger partial charge in [0.15, 0.2) is 0 Å². The van der Waals surface area contributed by atoms with Crippen molar-refractivity contribution in [3.8, 4) is 5.75 Å². The summed E-state index contributed by atoms with van der Waals surface area (Å²) in [5.74, 6) is 0.588. The molecule has 0 spiro atoms. The number of para-hydroxylation sites is 1. The fraction of sp³-hybridized carbons (Fsp3) is 0.118. The van der Waals surface area contributed by atoms with Crippen molar-refractivity contribution in [3.63, 3.8) is 0 Å². The fourth-order valence-electron chi connectivity index (χ4n) is 2.34. The van der Waals surface area contributed by atoms with Gasteiger partial charge in [-0.05, 0) is 37.3 Å². The van der Waals surface area contributed by atoms with E-state index in [0.29, 0.717) is 28.4 Å². The van der Waals surface area contributed by atoms with E-state index in [1.807, 2.05) is 13.0 Å². The Balaban J connectivity index is 1.97. The molecule has 0 bridgehead atoms. The number of nitrogens with zero attached hydrogens (tertiary/aromatic N) is 1.